The first-order valence-corrected chi connectivity index (χ1v) is 11.1. The minimum absolute atomic E-state index is 0.153. The molecule has 0 saturated heterocycles. The maximum atomic E-state index is 13.2. The van der Waals surface area contributed by atoms with Gasteiger partial charge in [-0.05, 0) is 35.4 Å². The molecule has 1 atom stereocenters. The van der Waals surface area contributed by atoms with E-state index in [0.29, 0.717) is 18.7 Å². The molecule has 0 spiro atoms. The van der Waals surface area contributed by atoms with Crippen LogP contribution in [-0.4, -0.2) is 39.6 Å². The molecule has 0 radical (unpaired) electrons. The molecule has 1 unspecified atom stereocenters. The number of hydrogen-bond donors (Lipinski definition) is 2. The Bertz CT molecular complexity index is 1410. The number of carbonyl (C=O) groups excluding carboxylic acids is 1. The summed E-state index contributed by atoms with van der Waals surface area (Å²) >= 11 is 0. The number of methoxy groups -OCH3 is 1. The first kappa shape index (κ1) is 21.6. The maximum Gasteiger partial charge on any atom is 0.252 e. The summed E-state index contributed by atoms with van der Waals surface area (Å²) in [4.78, 5) is 16.4. The number of rotatable bonds is 8. The largest absolute Gasteiger partial charge is 0.382 e. The lowest BCUT2D eigenvalue weighted by Crippen LogP contribution is -2.32. The van der Waals surface area contributed by atoms with E-state index in [1.54, 1.807) is 11.8 Å². The SMILES string of the molecule is COCC(NC(=O)c1ccccc1Cn1cc(-c2ccc3[nH]ccc3c2)nn1)c1ccccc1. The van der Waals surface area contributed by atoms with Gasteiger partial charge in [-0.15, -0.1) is 5.10 Å². The molecule has 2 N–H and O–H groups in total. The van der Waals surface area contributed by atoms with Crippen molar-refractivity contribution in [3.05, 3.63) is 108 Å². The zero-order chi connectivity index (χ0) is 23.3. The van der Waals surface area contributed by atoms with E-state index < -0.39 is 0 Å². The van der Waals surface area contributed by atoms with Crippen LogP contribution < -0.4 is 5.32 Å². The molecule has 0 aliphatic heterocycles. The Labute approximate surface area is 197 Å². The van der Waals surface area contributed by atoms with Crippen LogP contribution >= 0.6 is 0 Å². The molecule has 2 aromatic heterocycles. The highest BCUT2D eigenvalue weighted by molar-refractivity contribution is 5.96. The molecular formula is C27H25N5O2. The molecule has 0 aliphatic carbocycles. The van der Waals surface area contributed by atoms with E-state index in [0.717, 1.165) is 33.3 Å². The number of aromatic amines is 1. The monoisotopic (exact) mass is 451 g/mol. The molecule has 0 aliphatic rings. The molecule has 170 valence electrons. The van der Waals surface area contributed by atoms with E-state index in [1.807, 2.05) is 85.2 Å². The van der Waals surface area contributed by atoms with Crippen LogP contribution in [0.3, 0.4) is 0 Å². The van der Waals surface area contributed by atoms with E-state index in [2.05, 4.69) is 26.7 Å². The summed E-state index contributed by atoms with van der Waals surface area (Å²) < 4.78 is 7.10. The van der Waals surface area contributed by atoms with Gasteiger partial charge in [-0.3, -0.25) is 4.79 Å². The van der Waals surface area contributed by atoms with Gasteiger partial charge in [0, 0.05) is 35.3 Å². The van der Waals surface area contributed by atoms with E-state index >= 15 is 0 Å². The van der Waals surface area contributed by atoms with Crippen LogP contribution in [0.1, 0.15) is 27.5 Å². The Balaban J connectivity index is 1.35. The van der Waals surface area contributed by atoms with Gasteiger partial charge in [-0.1, -0.05) is 59.8 Å². The van der Waals surface area contributed by atoms with Crippen molar-refractivity contribution in [2.75, 3.05) is 13.7 Å². The van der Waals surface area contributed by atoms with Crippen molar-refractivity contribution < 1.29 is 9.53 Å². The molecule has 0 saturated carbocycles. The number of fused-ring (bicyclic) bond motifs is 1. The quantitative estimate of drug-likeness (QED) is 0.361. The van der Waals surface area contributed by atoms with Crippen LogP contribution in [0.15, 0.2) is 91.3 Å². The number of carbonyl (C=O) groups is 1. The van der Waals surface area contributed by atoms with Crippen LogP contribution in [-0.2, 0) is 11.3 Å². The third kappa shape index (κ3) is 4.60. The molecular weight excluding hydrogens is 426 g/mol. The van der Waals surface area contributed by atoms with Crippen molar-refractivity contribution in [1.29, 1.82) is 0 Å². The van der Waals surface area contributed by atoms with Gasteiger partial charge in [-0.25, -0.2) is 4.68 Å². The lowest BCUT2D eigenvalue weighted by molar-refractivity contribution is 0.0895. The molecule has 5 aromatic rings. The van der Waals surface area contributed by atoms with Crippen LogP contribution in [0.5, 0.6) is 0 Å². The van der Waals surface area contributed by atoms with E-state index in [1.165, 1.54) is 0 Å². The van der Waals surface area contributed by atoms with Crippen molar-refractivity contribution in [2.24, 2.45) is 0 Å². The van der Waals surface area contributed by atoms with Crippen molar-refractivity contribution in [3.63, 3.8) is 0 Å². The van der Waals surface area contributed by atoms with Gasteiger partial charge in [0.1, 0.15) is 5.69 Å². The second-order valence-electron chi connectivity index (χ2n) is 8.13. The summed E-state index contributed by atoms with van der Waals surface area (Å²) in [5.41, 5.74) is 5.32. The highest BCUT2D eigenvalue weighted by Crippen LogP contribution is 2.22. The second-order valence-corrected chi connectivity index (χ2v) is 8.13. The highest BCUT2D eigenvalue weighted by atomic mass is 16.5. The Morgan fingerprint density at radius 2 is 1.88 bits per heavy atom. The average molecular weight is 452 g/mol. The normalized spacial score (nSPS) is 12.0. The van der Waals surface area contributed by atoms with E-state index in [4.69, 9.17) is 4.74 Å². The van der Waals surface area contributed by atoms with Gasteiger partial charge in [0.05, 0.1) is 25.4 Å². The molecule has 5 rings (SSSR count). The average Bonchev–Trinajstić information content (AvgIpc) is 3.54. The number of hydrogen-bond acceptors (Lipinski definition) is 4. The third-order valence-corrected chi connectivity index (χ3v) is 5.82. The molecule has 1 amide bonds. The molecule has 0 bridgehead atoms. The van der Waals surface area contributed by atoms with Gasteiger partial charge in [0.25, 0.3) is 5.91 Å². The van der Waals surface area contributed by atoms with Gasteiger partial charge >= 0.3 is 0 Å². The molecule has 3 aromatic carbocycles. The fourth-order valence-electron chi connectivity index (χ4n) is 4.08. The Hall–Kier alpha value is -4.23. The summed E-state index contributed by atoms with van der Waals surface area (Å²) in [7, 11) is 1.63. The minimum atomic E-state index is -0.243. The van der Waals surface area contributed by atoms with Gasteiger partial charge in [0.2, 0.25) is 0 Å². The number of benzene rings is 3. The van der Waals surface area contributed by atoms with Gasteiger partial charge < -0.3 is 15.0 Å². The fourth-order valence-corrected chi connectivity index (χ4v) is 4.08. The summed E-state index contributed by atoms with van der Waals surface area (Å²) in [6.45, 7) is 0.819. The smallest absolute Gasteiger partial charge is 0.252 e. The Morgan fingerprint density at radius 3 is 2.74 bits per heavy atom. The number of nitrogens with zero attached hydrogens (tertiary/aromatic N) is 3. The zero-order valence-electron chi connectivity index (χ0n) is 18.8. The van der Waals surface area contributed by atoms with Gasteiger partial charge in [-0.2, -0.15) is 0 Å². The molecule has 2 heterocycles. The first-order valence-electron chi connectivity index (χ1n) is 11.1. The predicted molar refractivity (Wildman–Crippen MR) is 131 cm³/mol. The van der Waals surface area contributed by atoms with E-state index in [-0.39, 0.29) is 11.9 Å². The van der Waals surface area contributed by atoms with E-state index in [9.17, 15) is 4.79 Å². The summed E-state index contributed by atoms with van der Waals surface area (Å²) in [6.07, 6.45) is 3.82. The lowest BCUT2D eigenvalue weighted by Gasteiger charge is -2.19. The number of amides is 1. The molecule has 34 heavy (non-hydrogen) atoms. The van der Waals surface area contributed by atoms with Crippen molar-refractivity contribution in [3.8, 4) is 11.3 Å². The van der Waals surface area contributed by atoms with Crippen LogP contribution in [0.25, 0.3) is 22.2 Å². The highest BCUT2D eigenvalue weighted by Gasteiger charge is 2.18. The third-order valence-electron chi connectivity index (χ3n) is 5.82. The van der Waals surface area contributed by atoms with Crippen molar-refractivity contribution in [1.82, 2.24) is 25.3 Å². The Kier molecular flexibility index (Phi) is 6.18. The van der Waals surface area contributed by atoms with Crippen LogP contribution in [0.2, 0.25) is 0 Å². The lowest BCUT2D eigenvalue weighted by atomic mass is 10.0. The summed E-state index contributed by atoms with van der Waals surface area (Å²) in [5.74, 6) is -0.153. The molecule has 7 nitrogen and oxygen atoms in total. The van der Waals surface area contributed by atoms with Crippen molar-refractivity contribution >= 4 is 16.8 Å². The number of aromatic nitrogens is 4. The summed E-state index contributed by atoms with van der Waals surface area (Å²) in [6, 6.07) is 25.3. The van der Waals surface area contributed by atoms with Crippen LogP contribution in [0, 0.1) is 0 Å². The number of nitrogens with one attached hydrogen (secondary N) is 2. The molecule has 7 heteroatoms. The first-order chi connectivity index (χ1) is 16.7. The number of H-pyrrole nitrogens is 1. The Morgan fingerprint density at radius 1 is 1.06 bits per heavy atom. The molecule has 0 fully saturated rings. The number of ether oxygens (including phenoxy) is 1. The predicted octanol–water partition coefficient (Wildman–Crippen LogP) is 4.59. The van der Waals surface area contributed by atoms with Crippen LogP contribution in [0.4, 0.5) is 0 Å². The van der Waals surface area contributed by atoms with Crippen molar-refractivity contribution in [2.45, 2.75) is 12.6 Å². The zero-order valence-corrected chi connectivity index (χ0v) is 18.8. The topological polar surface area (TPSA) is 84.8 Å². The summed E-state index contributed by atoms with van der Waals surface area (Å²) in [5, 5.41) is 12.9. The fraction of sp³-hybridized carbons (Fsp3) is 0.148. The maximum absolute atomic E-state index is 13.2. The standard InChI is InChI=1S/C27H25N5O2/c1-34-18-26(19-7-3-2-4-8-19)29-27(33)23-10-6-5-9-22(23)16-32-17-25(30-31-32)20-11-12-24-21(15-20)13-14-28-24/h2-15,17,26,28H,16,18H2,1H3,(H,29,33). The second kappa shape index (κ2) is 9.72. The minimum Gasteiger partial charge on any atom is -0.382 e. The van der Waals surface area contributed by atoms with Gasteiger partial charge in [0.15, 0.2) is 0 Å².